The van der Waals surface area contributed by atoms with Crippen molar-refractivity contribution in [2.24, 2.45) is 17.1 Å². The Kier molecular flexibility index (Phi) is 2.10. The Hall–Kier alpha value is -0.180. The molecule has 1 nitrogen and oxygen atoms in total. The third kappa shape index (κ3) is 1.71. The molecule has 76 valence electrons. The molecule has 0 aromatic heterocycles. The Labute approximate surface area is 77.7 Å². The molecule has 0 saturated heterocycles. The topological polar surface area (TPSA) is 26.0 Å². The smallest absolute Gasteiger partial charge is 0.248 e. The summed E-state index contributed by atoms with van der Waals surface area (Å²) in [5, 5.41) is 0. The first-order valence-electron chi connectivity index (χ1n) is 5.13. The van der Waals surface area contributed by atoms with Gasteiger partial charge in [-0.25, -0.2) is 8.78 Å². The van der Waals surface area contributed by atoms with Crippen molar-refractivity contribution in [3.63, 3.8) is 0 Å². The molecule has 0 radical (unpaired) electrons. The summed E-state index contributed by atoms with van der Waals surface area (Å²) in [5.74, 6) is -2.11. The maximum atomic E-state index is 12.6. The van der Waals surface area contributed by atoms with E-state index >= 15 is 0 Å². The molecule has 0 aromatic carbocycles. The Balaban J connectivity index is 1.79. The molecule has 2 aliphatic carbocycles. The molecule has 0 aromatic rings. The lowest BCUT2D eigenvalue weighted by atomic mass is 9.61. The van der Waals surface area contributed by atoms with Crippen molar-refractivity contribution in [3.8, 4) is 0 Å². The van der Waals surface area contributed by atoms with Crippen LogP contribution in [0.2, 0.25) is 0 Å². The number of alkyl halides is 2. The third-order valence-corrected chi connectivity index (χ3v) is 3.74. The quantitative estimate of drug-likeness (QED) is 0.725. The zero-order valence-corrected chi connectivity index (χ0v) is 7.86. The summed E-state index contributed by atoms with van der Waals surface area (Å²) in [5.41, 5.74) is 5.93. The van der Waals surface area contributed by atoms with Crippen molar-refractivity contribution in [3.05, 3.63) is 0 Å². The molecule has 3 heteroatoms. The summed E-state index contributed by atoms with van der Waals surface area (Å²) >= 11 is 0. The average Bonchev–Trinajstić information content (AvgIpc) is 1.92. The maximum Gasteiger partial charge on any atom is 0.248 e. The summed E-state index contributed by atoms with van der Waals surface area (Å²) in [6.07, 6.45) is 4.71. The second-order valence-electron chi connectivity index (χ2n) is 4.89. The van der Waals surface area contributed by atoms with Crippen LogP contribution in [0.15, 0.2) is 0 Å². The third-order valence-electron chi connectivity index (χ3n) is 3.74. The van der Waals surface area contributed by atoms with E-state index in [1.165, 1.54) is 6.42 Å². The van der Waals surface area contributed by atoms with Crippen molar-refractivity contribution < 1.29 is 8.78 Å². The average molecular weight is 189 g/mol. The van der Waals surface area contributed by atoms with Crippen LogP contribution < -0.4 is 5.73 Å². The first-order valence-corrected chi connectivity index (χ1v) is 5.13. The minimum atomic E-state index is -2.36. The van der Waals surface area contributed by atoms with E-state index in [9.17, 15) is 8.78 Å². The van der Waals surface area contributed by atoms with Crippen LogP contribution in [-0.2, 0) is 0 Å². The summed E-state index contributed by atoms with van der Waals surface area (Å²) in [6, 6.07) is 0. The number of rotatable bonds is 3. The molecule has 0 unspecified atom stereocenters. The minimum Gasteiger partial charge on any atom is -0.330 e. The van der Waals surface area contributed by atoms with Crippen molar-refractivity contribution in [2.75, 3.05) is 6.54 Å². The van der Waals surface area contributed by atoms with Gasteiger partial charge in [0.25, 0.3) is 0 Å². The predicted octanol–water partition coefficient (Wildman–Crippen LogP) is 2.55. The molecule has 0 spiro atoms. The summed E-state index contributed by atoms with van der Waals surface area (Å²) < 4.78 is 25.1. The number of hydrogen-bond acceptors (Lipinski definition) is 1. The first kappa shape index (κ1) is 9.38. The monoisotopic (exact) mass is 189 g/mol. The number of halogens is 2. The van der Waals surface area contributed by atoms with Gasteiger partial charge in [-0.15, -0.1) is 0 Å². The van der Waals surface area contributed by atoms with Gasteiger partial charge in [0.2, 0.25) is 5.92 Å². The van der Waals surface area contributed by atoms with Gasteiger partial charge in [-0.3, -0.25) is 0 Å². The lowest BCUT2D eigenvalue weighted by molar-refractivity contribution is -0.125. The number of nitrogens with two attached hydrogens (primary N) is 1. The highest BCUT2D eigenvalue weighted by molar-refractivity contribution is 4.95. The molecule has 0 bridgehead atoms. The molecule has 2 fully saturated rings. The Bertz CT molecular complexity index is 186. The standard InChI is InChI=1S/C10H17F2N/c11-10(12)5-8(6-10)4-9(7-13)2-1-3-9/h8H,1-7,13H2. The molecular formula is C10H17F2N. The lowest BCUT2D eigenvalue weighted by Crippen LogP contribution is -2.44. The van der Waals surface area contributed by atoms with Gasteiger partial charge < -0.3 is 5.73 Å². The van der Waals surface area contributed by atoms with Crippen molar-refractivity contribution in [1.29, 1.82) is 0 Å². The van der Waals surface area contributed by atoms with Crippen LogP contribution in [0.5, 0.6) is 0 Å². The SMILES string of the molecule is NCC1(CC2CC(F)(F)C2)CCC1. The summed E-state index contributed by atoms with van der Waals surface area (Å²) in [4.78, 5) is 0. The molecule has 0 atom stereocenters. The summed E-state index contributed by atoms with van der Waals surface area (Å²) in [6.45, 7) is 0.690. The van der Waals surface area contributed by atoms with Crippen molar-refractivity contribution >= 4 is 0 Å². The fourth-order valence-electron chi connectivity index (χ4n) is 2.71. The van der Waals surface area contributed by atoms with Crippen molar-refractivity contribution in [2.45, 2.75) is 44.4 Å². The normalized spacial score (nSPS) is 30.7. The second kappa shape index (κ2) is 2.91. The highest BCUT2D eigenvalue weighted by Crippen LogP contribution is 2.52. The van der Waals surface area contributed by atoms with Crippen LogP contribution in [-0.4, -0.2) is 12.5 Å². The van der Waals surface area contributed by atoms with E-state index in [1.54, 1.807) is 0 Å². The van der Waals surface area contributed by atoms with Crippen LogP contribution in [0, 0.1) is 11.3 Å². The van der Waals surface area contributed by atoms with Gasteiger partial charge in [0.05, 0.1) is 0 Å². The van der Waals surface area contributed by atoms with E-state index in [2.05, 4.69) is 0 Å². The molecule has 2 aliphatic rings. The zero-order valence-electron chi connectivity index (χ0n) is 7.86. The van der Waals surface area contributed by atoms with Gasteiger partial charge in [0, 0.05) is 12.8 Å². The van der Waals surface area contributed by atoms with Crippen LogP contribution in [0.4, 0.5) is 8.78 Å². The molecule has 13 heavy (non-hydrogen) atoms. The largest absolute Gasteiger partial charge is 0.330 e. The summed E-state index contributed by atoms with van der Waals surface area (Å²) in [7, 11) is 0. The fraction of sp³-hybridized carbons (Fsp3) is 1.00. The molecule has 2 rings (SSSR count). The predicted molar refractivity (Wildman–Crippen MR) is 47.6 cm³/mol. The van der Waals surface area contributed by atoms with Crippen LogP contribution >= 0.6 is 0 Å². The molecular weight excluding hydrogens is 172 g/mol. The van der Waals surface area contributed by atoms with Gasteiger partial charge >= 0.3 is 0 Å². The van der Waals surface area contributed by atoms with Crippen LogP contribution in [0.1, 0.15) is 38.5 Å². The van der Waals surface area contributed by atoms with E-state index in [1.807, 2.05) is 0 Å². The molecule has 0 aliphatic heterocycles. The van der Waals surface area contributed by atoms with Gasteiger partial charge in [0.1, 0.15) is 0 Å². The number of hydrogen-bond donors (Lipinski definition) is 1. The van der Waals surface area contributed by atoms with E-state index in [0.29, 0.717) is 6.54 Å². The second-order valence-corrected chi connectivity index (χ2v) is 4.89. The van der Waals surface area contributed by atoms with E-state index in [0.717, 1.165) is 19.3 Å². The van der Waals surface area contributed by atoms with E-state index in [-0.39, 0.29) is 24.2 Å². The lowest BCUT2D eigenvalue weighted by Gasteiger charge is -2.47. The maximum absolute atomic E-state index is 12.6. The van der Waals surface area contributed by atoms with Crippen LogP contribution in [0.25, 0.3) is 0 Å². The van der Waals surface area contributed by atoms with E-state index < -0.39 is 5.92 Å². The highest BCUT2D eigenvalue weighted by atomic mass is 19.3. The minimum absolute atomic E-state index is 0.106. The van der Waals surface area contributed by atoms with Gasteiger partial charge in [-0.1, -0.05) is 6.42 Å². The zero-order chi connectivity index (χ0) is 9.53. The molecule has 0 heterocycles. The molecule has 2 N–H and O–H groups in total. The van der Waals surface area contributed by atoms with Crippen LogP contribution in [0.3, 0.4) is 0 Å². The Morgan fingerprint density at radius 2 is 1.85 bits per heavy atom. The molecule has 0 amide bonds. The highest BCUT2D eigenvalue weighted by Gasteiger charge is 2.49. The van der Waals surface area contributed by atoms with Gasteiger partial charge in [-0.05, 0) is 37.1 Å². The fourth-order valence-corrected chi connectivity index (χ4v) is 2.71. The molecule has 2 saturated carbocycles. The Morgan fingerprint density at radius 1 is 1.23 bits per heavy atom. The Morgan fingerprint density at radius 3 is 2.15 bits per heavy atom. The van der Waals surface area contributed by atoms with Gasteiger partial charge in [-0.2, -0.15) is 0 Å². The first-order chi connectivity index (χ1) is 6.05. The van der Waals surface area contributed by atoms with Gasteiger partial charge in [0.15, 0.2) is 0 Å². The van der Waals surface area contributed by atoms with Crippen molar-refractivity contribution in [1.82, 2.24) is 0 Å². The van der Waals surface area contributed by atoms with E-state index in [4.69, 9.17) is 5.73 Å².